The highest BCUT2D eigenvalue weighted by Gasteiger charge is 2.03. The van der Waals surface area contributed by atoms with Crippen molar-refractivity contribution in [2.45, 2.75) is 13.8 Å². The van der Waals surface area contributed by atoms with Gasteiger partial charge in [-0.05, 0) is 13.8 Å². The summed E-state index contributed by atoms with van der Waals surface area (Å²) in [6.07, 6.45) is 0. The highest BCUT2D eigenvalue weighted by molar-refractivity contribution is 7.14. The van der Waals surface area contributed by atoms with Crippen molar-refractivity contribution in [1.29, 1.82) is 0 Å². The van der Waals surface area contributed by atoms with Crippen LogP contribution in [0.5, 0.6) is 0 Å². The van der Waals surface area contributed by atoms with Crippen molar-refractivity contribution < 1.29 is 0 Å². The zero-order valence-electron chi connectivity index (χ0n) is 6.87. The largest absolute Gasteiger partial charge is 0.349 e. The molecular formula is C7H11BN2S. The van der Waals surface area contributed by atoms with Crippen LogP contribution >= 0.6 is 11.3 Å². The Morgan fingerprint density at radius 3 is 2.55 bits per heavy atom. The number of aromatic nitrogens is 1. The number of hydrogen-bond donors (Lipinski definition) is 0. The highest BCUT2D eigenvalue weighted by Crippen LogP contribution is 2.14. The number of rotatable bonds is 3. The third-order valence-electron chi connectivity index (χ3n) is 1.54. The molecule has 1 rings (SSSR count). The van der Waals surface area contributed by atoms with Gasteiger partial charge in [-0.3, -0.25) is 0 Å². The van der Waals surface area contributed by atoms with E-state index in [9.17, 15) is 0 Å². The summed E-state index contributed by atoms with van der Waals surface area (Å²) in [6.45, 7) is 6.20. The van der Waals surface area contributed by atoms with Gasteiger partial charge in [0, 0.05) is 24.1 Å². The first-order chi connectivity index (χ1) is 5.27. The molecule has 0 saturated carbocycles. The van der Waals surface area contributed by atoms with E-state index in [-0.39, 0.29) is 0 Å². The first-order valence-corrected chi connectivity index (χ1v) is 4.61. The van der Waals surface area contributed by atoms with E-state index in [1.54, 1.807) is 11.3 Å². The first kappa shape index (κ1) is 8.59. The zero-order chi connectivity index (χ0) is 8.27. The maximum atomic E-state index is 5.50. The molecule has 0 spiro atoms. The molecular weight excluding hydrogens is 155 g/mol. The quantitative estimate of drug-likeness (QED) is 0.617. The predicted octanol–water partition coefficient (Wildman–Crippen LogP) is 0.783. The maximum absolute atomic E-state index is 5.50. The van der Waals surface area contributed by atoms with Crippen LogP contribution in [0.25, 0.3) is 0 Å². The van der Waals surface area contributed by atoms with Crippen molar-refractivity contribution in [2.75, 3.05) is 18.0 Å². The molecule has 1 heterocycles. The minimum absolute atomic E-state index is 0.622. The molecule has 0 atom stereocenters. The summed E-state index contributed by atoms with van der Waals surface area (Å²) in [7, 11) is 5.50. The van der Waals surface area contributed by atoms with Crippen LogP contribution in [0.3, 0.4) is 0 Å². The lowest BCUT2D eigenvalue weighted by Gasteiger charge is -2.16. The Morgan fingerprint density at radius 1 is 1.55 bits per heavy atom. The lowest BCUT2D eigenvalue weighted by Crippen LogP contribution is -2.22. The maximum Gasteiger partial charge on any atom is 0.184 e. The van der Waals surface area contributed by atoms with Crippen LogP contribution < -0.4 is 10.5 Å². The molecule has 0 bridgehead atoms. The summed E-state index contributed by atoms with van der Waals surface area (Å²) in [6, 6.07) is 0. The van der Waals surface area contributed by atoms with Crippen molar-refractivity contribution >= 4 is 29.9 Å². The number of nitrogens with zero attached hydrogens (tertiary/aromatic N) is 2. The van der Waals surface area contributed by atoms with Gasteiger partial charge in [0.15, 0.2) is 5.13 Å². The number of thiazole rings is 1. The van der Waals surface area contributed by atoms with Gasteiger partial charge in [0.25, 0.3) is 0 Å². The predicted molar refractivity (Wildman–Crippen MR) is 51.1 cm³/mol. The lowest BCUT2D eigenvalue weighted by molar-refractivity contribution is 0.861. The standard InChI is InChI=1S/C7H11BN2S/c1-3-10(4-2)7-9-6(8)5-11-7/h5H,3-4H2,1-2H3. The molecule has 0 aromatic carbocycles. The third-order valence-corrected chi connectivity index (χ3v) is 2.46. The van der Waals surface area contributed by atoms with E-state index in [4.69, 9.17) is 7.85 Å². The molecule has 11 heavy (non-hydrogen) atoms. The van der Waals surface area contributed by atoms with Gasteiger partial charge in [0.05, 0.1) is 0 Å². The normalized spacial score (nSPS) is 10.0. The number of hydrogen-bond acceptors (Lipinski definition) is 3. The minimum Gasteiger partial charge on any atom is -0.349 e. The molecule has 0 unspecified atom stereocenters. The average Bonchev–Trinajstić information content (AvgIpc) is 2.39. The highest BCUT2D eigenvalue weighted by atomic mass is 32.1. The van der Waals surface area contributed by atoms with E-state index < -0.39 is 0 Å². The summed E-state index contributed by atoms with van der Waals surface area (Å²) >= 11 is 1.60. The van der Waals surface area contributed by atoms with Gasteiger partial charge in [-0.25, -0.2) is 4.98 Å². The Bertz CT molecular complexity index is 220. The number of anilines is 1. The third kappa shape index (κ3) is 1.96. The molecule has 0 aliphatic heterocycles. The van der Waals surface area contributed by atoms with Crippen molar-refractivity contribution in [3.05, 3.63) is 5.38 Å². The second-order valence-electron chi connectivity index (χ2n) is 2.23. The molecule has 1 aromatic rings. The second-order valence-corrected chi connectivity index (χ2v) is 3.06. The van der Waals surface area contributed by atoms with E-state index in [0.717, 1.165) is 18.2 Å². The van der Waals surface area contributed by atoms with Crippen LogP contribution in [0.1, 0.15) is 13.8 Å². The molecule has 0 aliphatic rings. The fourth-order valence-corrected chi connectivity index (χ4v) is 1.76. The minimum atomic E-state index is 0.622. The molecule has 0 fully saturated rings. The lowest BCUT2D eigenvalue weighted by atomic mass is 10.1. The molecule has 0 N–H and O–H groups in total. The fraction of sp³-hybridized carbons (Fsp3) is 0.571. The topological polar surface area (TPSA) is 16.1 Å². The van der Waals surface area contributed by atoms with Crippen LogP contribution in [0.2, 0.25) is 0 Å². The molecule has 0 saturated heterocycles. The van der Waals surface area contributed by atoms with Gasteiger partial charge in [-0.2, -0.15) is 0 Å². The van der Waals surface area contributed by atoms with Crippen molar-refractivity contribution in [2.24, 2.45) is 0 Å². The summed E-state index contributed by atoms with van der Waals surface area (Å²) in [5.74, 6) is 0. The van der Waals surface area contributed by atoms with Gasteiger partial charge in [-0.15, -0.1) is 11.3 Å². The monoisotopic (exact) mass is 166 g/mol. The molecule has 2 radical (unpaired) electrons. The Hall–Kier alpha value is -0.505. The van der Waals surface area contributed by atoms with E-state index in [0.29, 0.717) is 5.59 Å². The van der Waals surface area contributed by atoms with Crippen molar-refractivity contribution in [1.82, 2.24) is 4.98 Å². The van der Waals surface area contributed by atoms with Crippen LogP contribution in [0, 0.1) is 0 Å². The second kappa shape index (κ2) is 3.76. The van der Waals surface area contributed by atoms with E-state index in [1.165, 1.54) is 0 Å². The molecule has 0 aliphatic carbocycles. The Labute approximate surface area is 72.7 Å². The van der Waals surface area contributed by atoms with Crippen LogP contribution in [0.15, 0.2) is 5.38 Å². The summed E-state index contributed by atoms with van der Waals surface area (Å²) in [4.78, 5) is 6.36. The Balaban J connectivity index is 2.73. The Kier molecular flexibility index (Phi) is 2.94. The molecule has 1 aromatic heterocycles. The van der Waals surface area contributed by atoms with E-state index in [2.05, 4.69) is 23.7 Å². The first-order valence-electron chi connectivity index (χ1n) is 3.73. The van der Waals surface area contributed by atoms with E-state index >= 15 is 0 Å². The van der Waals surface area contributed by atoms with Gasteiger partial charge in [0.2, 0.25) is 0 Å². The fourth-order valence-electron chi connectivity index (χ4n) is 0.916. The molecule has 2 nitrogen and oxygen atoms in total. The van der Waals surface area contributed by atoms with Gasteiger partial charge >= 0.3 is 0 Å². The van der Waals surface area contributed by atoms with Crippen LogP contribution in [0.4, 0.5) is 5.13 Å². The smallest absolute Gasteiger partial charge is 0.184 e. The van der Waals surface area contributed by atoms with Crippen molar-refractivity contribution in [3.63, 3.8) is 0 Å². The summed E-state index contributed by atoms with van der Waals surface area (Å²) in [5.41, 5.74) is 0.622. The van der Waals surface area contributed by atoms with Gasteiger partial charge < -0.3 is 4.90 Å². The van der Waals surface area contributed by atoms with Crippen LogP contribution in [-0.4, -0.2) is 25.9 Å². The Morgan fingerprint density at radius 2 is 2.18 bits per heavy atom. The van der Waals surface area contributed by atoms with Crippen LogP contribution in [-0.2, 0) is 0 Å². The zero-order valence-corrected chi connectivity index (χ0v) is 7.69. The van der Waals surface area contributed by atoms with E-state index in [1.807, 2.05) is 5.38 Å². The summed E-state index contributed by atoms with van der Waals surface area (Å²) < 4.78 is 0. The van der Waals surface area contributed by atoms with Gasteiger partial charge in [-0.1, -0.05) is 0 Å². The SMILES string of the molecule is [B]c1csc(N(CC)CC)n1. The summed E-state index contributed by atoms with van der Waals surface area (Å²) in [5, 5.41) is 2.89. The molecule has 58 valence electrons. The van der Waals surface area contributed by atoms with Crippen molar-refractivity contribution in [3.8, 4) is 0 Å². The molecule has 4 heteroatoms. The van der Waals surface area contributed by atoms with Gasteiger partial charge in [0.1, 0.15) is 7.85 Å². The molecule has 0 amide bonds. The average molecular weight is 166 g/mol.